The SMILES string of the molecule is NCC1CCNC1c1cc2cc(F)ccc2[nH]1. The Morgan fingerprint density at radius 1 is 1.35 bits per heavy atom. The van der Waals surface area contributed by atoms with Gasteiger partial charge in [0, 0.05) is 16.6 Å². The minimum absolute atomic E-state index is 0.196. The Balaban J connectivity index is 2.00. The summed E-state index contributed by atoms with van der Waals surface area (Å²) in [7, 11) is 0. The lowest BCUT2D eigenvalue weighted by molar-refractivity contribution is 0.466. The van der Waals surface area contributed by atoms with Crippen molar-refractivity contribution in [2.45, 2.75) is 12.5 Å². The number of nitrogens with two attached hydrogens (primary N) is 1. The molecule has 1 saturated heterocycles. The fourth-order valence-corrected chi connectivity index (χ4v) is 2.67. The van der Waals surface area contributed by atoms with Gasteiger partial charge in [-0.1, -0.05) is 0 Å². The van der Waals surface area contributed by atoms with Crippen LogP contribution in [0.15, 0.2) is 24.3 Å². The Morgan fingerprint density at radius 2 is 2.24 bits per heavy atom. The Bertz CT molecular complexity index is 534. The van der Waals surface area contributed by atoms with Crippen molar-refractivity contribution in [2.24, 2.45) is 11.7 Å². The predicted molar refractivity (Wildman–Crippen MR) is 66.2 cm³/mol. The normalized spacial score (nSPS) is 24.6. The lowest BCUT2D eigenvalue weighted by Crippen LogP contribution is -2.23. The number of H-pyrrole nitrogens is 1. The Labute approximate surface area is 99.2 Å². The molecule has 0 bridgehead atoms. The highest BCUT2D eigenvalue weighted by molar-refractivity contribution is 5.80. The van der Waals surface area contributed by atoms with Crippen molar-refractivity contribution in [3.05, 3.63) is 35.8 Å². The molecule has 0 radical (unpaired) electrons. The molecule has 4 heteroatoms. The Morgan fingerprint density at radius 3 is 3.06 bits per heavy atom. The van der Waals surface area contributed by atoms with Crippen molar-refractivity contribution in [3.8, 4) is 0 Å². The second kappa shape index (κ2) is 4.13. The molecule has 0 aliphatic carbocycles. The van der Waals surface area contributed by atoms with E-state index in [0.717, 1.165) is 29.6 Å². The topological polar surface area (TPSA) is 53.8 Å². The molecule has 3 rings (SSSR count). The summed E-state index contributed by atoms with van der Waals surface area (Å²) in [5.41, 5.74) is 7.85. The van der Waals surface area contributed by atoms with Crippen LogP contribution in [0.25, 0.3) is 10.9 Å². The molecule has 1 aliphatic rings. The number of halogens is 1. The largest absolute Gasteiger partial charge is 0.357 e. The Hall–Kier alpha value is -1.39. The van der Waals surface area contributed by atoms with Gasteiger partial charge in [-0.2, -0.15) is 0 Å². The minimum Gasteiger partial charge on any atom is -0.357 e. The van der Waals surface area contributed by atoms with Crippen molar-refractivity contribution in [3.63, 3.8) is 0 Å². The summed E-state index contributed by atoms with van der Waals surface area (Å²) in [6, 6.07) is 7.10. The standard InChI is InChI=1S/C13H16FN3/c14-10-1-2-11-9(5-10)6-12(17-11)13-8(7-15)3-4-16-13/h1-2,5-6,8,13,16-17H,3-4,7,15H2. The van der Waals surface area contributed by atoms with Gasteiger partial charge in [0.2, 0.25) is 0 Å². The lowest BCUT2D eigenvalue weighted by Gasteiger charge is -2.16. The number of hydrogen-bond donors (Lipinski definition) is 3. The second-order valence-electron chi connectivity index (χ2n) is 4.67. The van der Waals surface area contributed by atoms with Gasteiger partial charge in [0.15, 0.2) is 0 Å². The van der Waals surface area contributed by atoms with E-state index in [-0.39, 0.29) is 11.9 Å². The van der Waals surface area contributed by atoms with Crippen molar-refractivity contribution in [1.82, 2.24) is 10.3 Å². The molecule has 17 heavy (non-hydrogen) atoms. The smallest absolute Gasteiger partial charge is 0.123 e. The number of hydrogen-bond acceptors (Lipinski definition) is 2. The number of benzene rings is 1. The van der Waals surface area contributed by atoms with Crippen LogP contribution in [-0.4, -0.2) is 18.1 Å². The first kappa shape index (κ1) is 10.7. The number of aromatic amines is 1. The molecule has 3 nitrogen and oxygen atoms in total. The van der Waals surface area contributed by atoms with E-state index in [2.05, 4.69) is 10.3 Å². The van der Waals surface area contributed by atoms with Crippen LogP contribution in [0.4, 0.5) is 4.39 Å². The number of aromatic nitrogens is 1. The Kier molecular flexibility index (Phi) is 2.61. The quantitative estimate of drug-likeness (QED) is 0.742. The fraction of sp³-hybridized carbons (Fsp3) is 0.385. The second-order valence-corrected chi connectivity index (χ2v) is 4.67. The van der Waals surface area contributed by atoms with Crippen molar-refractivity contribution >= 4 is 10.9 Å². The van der Waals surface area contributed by atoms with E-state index in [1.807, 2.05) is 6.07 Å². The van der Waals surface area contributed by atoms with Crippen LogP contribution in [0, 0.1) is 11.7 Å². The average Bonchev–Trinajstić information content (AvgIpc) is 2.93. The van der Waals surface area contributed by atoms with Gasteiger partial charge in [0.1, 0.15) is 5.82 Å². The van der Waals surface area contributed by atoms with Crippen LogP contribution in [0.1, 0.15) is 18.2 Å². The van der Waals surface area contributed by atoms with E-state index in [1.54, 1.807) is 12.1 Å². The highest BCUT2D eigenvalue weighted by atomic mass is 19.1. The summed E-state index contributed by atoms with van der Waals surface area (Å²) in [4.78, 5) is 3.34. The summed E-state index contributed by atoms with van der Waals surface area (Å²) >= 11 is 0. The summed E-state index contributed by atoms with van der Waals surface area (Å²) in [5, 5.41) is 4.37. The molecular weight excluding hydrogens is 217 g/mol. The van der Waals surface area contributed by atoms with Gasteiger partial charge in [-0.15, -0.1) is 0 Å². The lowest BCUT2D eigenvalue weighted by atomic mass is 9.98. The third kappa shape index (κ3) is 1.83. The zero-order valence-electron chi connectivity index (χ0n) is 9.54. The monoisotopic (exact) mass is 233 g/mol. The maximum absolute atomic E-state index is 13.1. The molecule has 0 amide bonds. The molecule has 1 aromatic heterocycles. The summed E-state index contributed by atoms with van der Waals surface area (Å²) in [6.07, 6.45) is 1.10. The molecule has 1 aliphatic heterocycles. The molecule has 1 fully saturated rings. The summed E-state index contributed by atoms with van der Waals surface area (Å²) in [5.74, 6) is 0.269. The predicted octanol–water partition coefficient (Wildman–Crippen LogP) is 1.92. The molecular formula is C13H16FN3. The van der Waals surface area contributed by atoms with Gasteiger partial charge >= 0.3 is 0 Å². The van der Waals surface area contributed by atoms with Gasteiger partial charge in [-0.25, -0.2) is 4.39 Å². The van der Waals surface area contributed by atoms with E-state index >= 15 is 0 Å². The van der Waals surface area contributed by atoms with E-state index in [4.69, 9.17) is 5.73 Å². The van der Waals surface area contributed by atoms with E-state index in [1.165, 1.54) is 6.07 Å². The van der Waals surface area contributed by atoms with Crippen molar-refractivity contribution in [1.29, 1.82) is 0 Å². The molecule has 2 aromatic rings. The van der Waals surface area contributed by atoms with E-state index in [0.29, 0.717) is 12.5 Å². The highest BCUT2D eigenvalue weighted by Gasteiger charge is 2.28. The highest BCUT2D eigenvalue weighted by Crippen LogP contribution is 2.30. The molecule has 90 valence electrons. The minimum atomic E-state index is -0.196. The first-order chi connectivity index (χ1) is 8.28. The summed E-state index contributed by atoms with van der Waals surface area (Å²) in [6.45, 7) is 1.68. The zero-order valence-corrected chi connectivity index (χ0v) is 9.54. The first-order valence-electron chi connectivity index (χ1n) is 5.99. The molecule has 2 unspecified atom stereocenters. The molecule has 2 heterocycles. The third-order valence-corrected chi connectivity index (χ3v) is 3.59. The van der Waals surface area contributed by atoms with Crippen LogP contribution in [0.5, 0.6) is 0 Å². The van der Waals surface area contributed by atoms with Gasteiger partial charge in [0.25, 0.3) is 0 Å². The molecule has 2 atom stereocenters. The van der Waals surface area contributed by atoms with E-state index in [9.17, 15) is 4.39 Å². The number of fused-ring (bicyclic) bond motifs is 1. The molecule has 4 N–H and O–H groups in total. The van der Waals surface area contributed by atoms with Crippen molar-refractivity contribution in [2.75, 3.05) is 13.1 Å². The number of nitrogens with one attached hydrogen (secondary N) is 2. The zero-order chi connectivity index (χ0) is 11.8. The first-order valence-corrected chi connectivity index (χ1v) is 5.99. The summed E-state index contributed by atoms with van der Waals surface area (Å²) < 4.78 is 13.1. The average molecular weight is 233 g/mol. The van der Waals surface area contributed by atoms with Crippen LogP contribution < -0.4 is 11.1 Å². The van der Waals surface area contributed by atoms with Gasteiger partial charge in [0.05, 0.1) is 6.04 Å². The van der Waals surface area contributed by atoms with Gasteiger partial charge < -0.3 is 16.0 Å². The molecule has 0 spiro atoms. The van der Waals surface area contributed by atoms with Crippen LogP contribution in [-0.2, 0) is 0 Å². The molecule has 0 saturated carbocycles. The van der Waals surface area contributed by atoms with E-state index < -0.39 is 0 Å². The fourth-order valence-electron chi connectivity index (χ4n) is 2.67. The van der Waals surface area contributed by atoms with Crippen LogP contribution >= 0.6 is 0 Å². The van der Waals surface area contributed by atoms with Gasteiger partial charge in [-0.3, -0.25) is 0 Å². The van der Waals surface area contributed by atoms with Crippen molar-refractivity contribution < 1.29 is 4.39 Å². The molecule has 1 aromatic carbocycles. The van der Waals surface area contributed by atoms with Gasteiger partial charge in [-0.05, 0) is 49.7 Å². The maximum atomic E-state index is 13.1. The third-order valence-electron chi connectivity index (χ3n) is 3.59. The number of rotatable bonds is 2. The van der Waals surface area contributed by atoms with Crippen LogP contribution in [0.2, 0.25) is 0 Å². The van der Waals surface area contributed by atoms with Crippen LogP contribution in [0.3, 0.4) is 0 Å². The maximum Gasteiger partial charge on any atom is 0.123 e.